The van der Waals surface area contributed by atoms with E-state index >= 15 is 0 Å². The third-order valence-corrected chi connectivity index (χ3v) is 3.84. The van der Waals surface area contributed by atoms with Crippen molar-refractivity contribution in [3.05, 3.63) is 0 Å². The molecule has 1 unspecified atom stereocenters. The van der Waals surface area contributed by atoms with Gasteiger partial charge < -0.3 is 5.32 Å². The number of hydrogen-bond donors (Lipinski definition) is 1. The molecule has 1 aliphatic heterocycles. The zero-order valence-corrected chi connectivity index (χ0v) is 12.5. The summed E-state index contributed by atoms with van der Waals surface area (Å²) >= 11 is 0. The van der Waals surface area contributed by atoms with E-state index in [1.165, 1.54) is 25.8 Å². The molecule has 1 saturated heterocycles. The molecule has 0 radical (unpaired) electrons. The van der Waals surface area contributed by atoms with Crippen LogP contribution in [0.4, 0.5) is 0 Å². The van der Waals surface area contributed by atoms with Crippen molar-refractivity contribution in [2.24, 2.45) is 5.41 Å². The number of piperidine rings is 1. The Hall–Kier alpha value is -0.590. The molecule has 0 amide bonds. The molecule has 104 valence electrons. The van der Waals surface area contributed by atoms with Gasteiger partial charge >= 0.3 is 0 Å². The zero-order valence-electron chi connectivity index (χ0n) is 12.5. The summed E-state index contributed by atoms with van der Waals surface area (Å²) in [5.74, 6) is 0. The third-order valence-electron chi connectivity index (χ3n) is 3.84. The maximum Gasteiger partial charge on any atom is 0.0684 e. The molecule has 0 saturated carbocycles. The van der Waals surface area contributed by atoms with Crippen LogP contribution in [-0.2, 0) is 0 Å². The first-order chi connectivity index (χ1) is 8.44. The van der Waals surface area contributed by atoms with E-state index in [0.717, 1.165) is 19.5 Å². The molecule has 1 atom stereocenters. The molecule has 1 heterocycles. The lowest BCUT2D eigenvalue weighted by Gasteiger charge is -2.37. The second-order valence-corrected chi connectivity index (χ2v) is 6.49. The maximum atomic E-state index is 9.08. The standard InChI is InChI=1S/C15H29N3/c1-13(2)17-11-14-7-5-6-9-18(14)10-8-15(3,4)12-16/h13-14,17H,5-11H2,1-4H3. The van der Waals surface area contributed by atoms with Gasteiger partial charge in [0.15, 0.2) is 0 Å². The van der Waals surface area contributed by atoms with E-state index in [9.17, 15) is 0 Å². The van der Waals surface area contributed by atoms with Crippen LogP contribution in [0.1, 0.15) is 53.4 Å². The quantitative estimate of drug-likeness (QED) is 0.789. The van der Waals surface area contributed by atoms with Gasteiger partial charge in [-0.05, 0) is 46.2 Å². The number of likely N-dealkylation sites (tertiary alicyclic amines) is 1. The summed E-state index contributed by atoms with van der Waals surface area (Å²) in [7, 11) is 0. The first kappa shape index (κ1) is 15.5. The molecular formula is C15H29N3. The summed E-state index contributed by atoms with van der Waals surface area (Å²) in [4.78, 5) is 2.58. The second-order valence-electron chi connectivity index (χ2n) is 6.49. The normalized spacial score (nSPS) is 22.1. The van der Waals surface area contributed by atoms with Gasteiger partial charge in [0, 0.05) is 18.6 Å². The number of nitrogens with zero attached hydrogens (tertiary/aromatic N) is 2. The lowest BCUT2D eigenvalue weighted by Crippen LogP contribution is -2.47. The van der Waals surface area contributed by atoms with Crippen LogP contribution in [-0.4, -0.2) is 36.6 Å². The van der Waals surface area contributed by atoms with Crippen LogP contribution in [0.25, 0.3) is 0 Å². The van der Waals surface area contributed by atoms with Crippen LogP contribution in [0.2, 0.25) is 0 Å². The minimum atomic E-state index is -0.187. The predicted octanol–water partition coefficient (Wildman–Crippen LogP) is 2.78. The highest BCUT2D eigenvalue weighted by Crippen LogP contribution is 2.23. The summed E-state index contributed by atoms with van der Waals surface area (Å²) in [6, 6.07) is 3.63. The fraction of sp³-hybridized carbons (Fsp3) is 0.933. The Bertz CT molecular complexity index is 278. The summed E-state index contributed by atoms with van der Waals surface area (Å²) in [5, 5.41) is 12.6. The molecule has 1 aliphatic rings. The highest BCUT2D eigenvalue weighted by Gasteiger charge is 2.25. The summed E-state index contributed by atoms with van der Waals surface area (Å²) in [5.41, 5.74) is -0.187. The SMILES string of the molecule is CC(C)NCC1CCCCN1CCC(C)(C)C#N. The van der Waals surface area contributed by atoms with Gasteiger partial charge in [-0.25, -0.2) is 0 Å². The van der Waals surface area contributed by atoms with Crippen LogP contribution in [0.3, 0.4) is 0 Å². The molecule has 3 nitrogen and oxygen atoms in total. The summed E-state index contributed by atoms with van der Waals surface area (Å²) in [6.45, 7) is 11.8. The van der Waals surface area contributed by atoms with Crippen molar-refractivity contribution in [3.63, 3.8) is 0 Å². The fourth-order valence-corrected chi connectivity index (χ4v) is 2.44. The van der Waals surface area contributed by atoms with Crippen molar-refractivity contribution in [2.75, 3.05) is 19.6 Å². The van der Waals surface area contributed by atoms with Crippen LogP contribution < -0.4 is 5.32 Å². The first-order valence-electron chi connectivity index (χ1n) is 7.33. The van der Waals surface area contributed by atoms with E-state index in [1.54, 1.807) is 0 Å². The van der Waals surface area contributed by atoms with Gasteiger partial charge in [0.1, 0.15) is 0 Å². The Kier molecular flexibility index (Phi) is 6.11. The van der Waals surface area contributed by atoms with E-state index in [1.807, 2.05) is 13.8 Å². The maximum absolute atomic E-state index is 9.08. The fourth-order valence-electron chi connectivity index (χ4n) is 2.44. The van der Waals surface area contributed by atoms with Gasteiger partial charge in [0.25, 0.3) is 0 Å². The highest BCUT2D eigenvalue weighted by atomic mass is 15.2. The Morgan fingerprint density at radius 3 is 2.72 bits per heavy atom. The lowest BCUT2D eigenvalue weighted by atomic mass is 9.90. The molecule has 1 N–H and O–H groups in total. The molecule has 0 aromatic heterocycles. The van der Waals surface area contributed by atoms with Crippen LogP contribution in [0.15, 0.2) is 0 Å². The van der Waals surface area contributed by atoms with Gasteiger partial charge in [-0.2, -0.15) is 5.26 Å². The minimum absolute atomic E-state index is 0.187. The van der Waals surface area contributed by atoms with E-state index in [4.69, 9.17) is 5.26 Å². The minimum Gasteiger partial charge on any atom is -0.313 e. The van der Waals surface area contributed by atoms with Crippen molar-refractivity contribution in [2.45, 2.75) is 65.5 Å². The average Bonchev–Trinajstić information content (AvgIpc) is 2.35. The molecule has 0 aliphatic carbocycles. The van der Waals surface area contributed by atoms with Gasteiger partial charge in [0.2, 0.25) is 0 Å². The van der Waals surface area contributed by atoms with Gasteiger partial charge in [-0.3, -0.25) is 4.90 Å². The Morgan fingerprint density at radius 1 is 1.39 bits per heavy atom. The predicted molar refractivity (Wildman–Crippen MR) is 76.4 cm³/mol. The van der Waals surface area contributed by atoms with Gasteiger partial charge in [-0.1, -0.05) is 20.3 Å². The van der Waals surface area contributed by atoms with Crippen molar-refractivity contribution in [1.82, 2.24) is 10.2 Å². The number of nitrogens with one attached hydrogen (secondary N) is 1. The van der Waals surface area contributed by atoms with Crippen molar-refractivity contribution in [3.8, 4) is 6.07 Å². The molecule has 3 heteroatoms. The smallest absolute Gasteiger partial charge is 0.0684 e. The lowest BCUT2D eigenvalue weighted by molar-refractivity contribution is 0.131. The number of hydrogen-bond acceptors (Lipinski definition) is 3. The Morgan fingerprint density at radius 2 is 2.11 bits per heavy atom. The highest BCUT2D eigenvalue weighted by molar-refractivity contribution is 4.93. The molecule has 0 aromatic carbocycles. The van der Waals surface area contributed by atoms with E-state index < -0.39 is 0 Å². The molecule has 0 aromatic rings. The monoisotopic (exact) mass is 251 g/mol. The van der Waals surface area contributed by atoms with Gasteiger partial charge in [0.05, 0.1) is 11.5 Å². The largest absolute Gasteiger partial charge is 0.313 e. The van der Waals surface area contributed by atoms with Crippen LogP contribution in [0.5, 0.6) is 0 Å². The third kappa shape index (κ3) is 5.37. The molecule has 1 fully saturated rings. The summed E-state index contributed by atoms with van der Waals surface area (Å²) in [6.07, 6.45) is 4.93. The summed E-state index contributed by atoms with van der Waals surface area (Å²) < 4.78 is 0. The molecule has 18 heavy (non-hydrogen) atoms. The van der Waals surface area contributed by atoms with Crippen molar-refractivity contribution in [1.29, 1.82) is 5.26 Å². The first-order valence-corrected chi connectivity index (χ1v) is 7.33. The Balaban J connectivity index is 2.42. The van der Waals surface area contributed by atoms with E-state index in [-0.39, 0.29) is 5.41 Å². The zero-order chi connectivity index (χ0) is 13.6. The molecule has 1 rings (SSSR count). The Labute approximate surface area is 113 Å². The topological polar surface area (TPSA) is 39.1 Å². The van der Waals surface area contributed by atoms with Crippen molar-refractivity contribution >= 4 is 0 Å². The van der Waals surface area contributed by atoms with Crippen LogP contribution >= 0.6 is 0 Å². The molecular weight excluding hydrogens is 222 g/mol. The molecule has 0 spiro atoms. The number of rotatable bonds is 6. The second kappa shape index (κ2) is 7.11. The average molecular weight is 251 g/mol. The van der Waals surface area contributed by atoms with Crippen LogP contribution in [0, 0.1) is 16.7 Å². The van der Waals surface area contributed by atoms with E-state index in [0.29, 0.717) is 12.1 Å². The van der Waals surface area contributed by atoms with Gasteiger partial charge in [-0.15, -0.1) is 0 Å². The van der Waals surface area contributed by atoms with Crippen molar-refractivity contribution < 1.29 is 0 Å². The molecule has 0 bridgehead atoms. The van der Waals surface area contributed by atoms with E-state index in [2.05, 4.69) is 30.1 Å². The number of nitriles is 1.